The molecule has 1 atom stereocenters. The first-order valence-corrected chi connectivity index (χ1v) is 11.3. The van der Waals surface area contributed by atoms with Crippen molar-refractivity contribution >= 4 is 11.2 Å². The van der Waals surface area contributed by atoms with Gasteiger partial charge in [0.2, 0.25) is 0 Å². The lowest BCUT2D eigenvalue weighted by Crippen LogP contribution is -2.39. The predicted molar refractivity (Wildman–Crippen MR) is 117 cm³/mol. The summed E-state index contributed by atoms with van der Waals surface area (Å²) in [6, 6.07) is 0. The summed E-state index contributed by atoms with van der Waals surface area (Å²) in [5.74, 6) is 0. The fourth-order valence-electron chi connectivity index (χ4n) is 3.81. The summed E-state index contributed by atoms with van der Waals surface area (Å²) in [4.78, 5) is 29.9. The number of aliphatic hydroxyl groups excluding tert-OH is 1. The summed E-state index contributed by atoms with van der Waals surface area (Å²) in [6.07, 6.45) is 13.2. The molecule has 0 saturated heterocycles. The minimum atomic E-state index is -0.306. The first-order valence-electron chi connectivity index (χ1n) is 11.3. The van der Waals surface area contributed by atoms with Crippen molar-refractivity contribution in [3.8, 4) is 0 Å². The second kappa shape index (κ2) is 12.0. The molecular weight excluding hydrogens is 368 g/mol. The molecule has 0 radical (unpaired) electrons. The Morgan fingerprint density at radius 1 is 0.966 bits per heavy atom. The summed E-state index contributed by atoms with van der Waals surface area (Å²) in [6.45, 7) is 5.13. The van der Waals surface area contributed by atoms with Crippen molar-refractivity contribution in [2.75, 3.05) is 0 Å². The van der Waals surface area contributed by atoms with Gasteiger partial charge in [-0.2, -0.15) is 0 Å². The highest BCUT2D eigenvalue weighted by Gasteiger charge is 2.15. The SMILES string of the molecule is CCCCCCCCCCn1c(=O)c2c(ncn2CCCCC(C)O)n(C)c1=O. The Morgan fingerprint density at radius 3 is 2.24 bits per heavy atom. The summed E-state index contributed by atoms with van der Waals surface area (Å²) >= 11 is 0. The third-order valence-electron chi connectivity index (χ3n) is 5.61. The second-order valence-electron chi connectivity index (χ2n) is 8.23. The fourth-order valence-corrected chi connectivity index (χ4v) is 3.81. The number of hydrogen-bond acceptors (Lipinski definition) is 4. The van der Waals surface area contributed by atoms with Crippen molar-refractivity contribution in [1.82, 2.24) is 18.7 Å². The van der Waals surface area contributed by atoms with Crippen LogP contribution in [0.25, 0.3) is 11.2 Å². The van der Waals surface area contributed by atoms with Crippen LogP contribution in [0.2, 0.25) is 0 Å². The van der Waals surface area contributed by atoms with Crippen LogP contribution in [0, 0.1) is 0 Å². The van der Waals surface area contributed by atoms with E-state index in [1.165, 1.54) is 41.2 Å². The van der Waals surface area contributed by atoms with Gasteiger partial charge in [0.05, 0.1) is 12.4 Å². The van der Waals surface area contributed by atoms with Gasteiger partial charge in [-0.25, -0.2) is 9.78 Å². The zero-order chi connectivity index (χ0) is 21.2. The van der Waals surface area contributed by atoms with E-state index in [0.717, 1.165) is 38.5 Å². The van der Waals surface area contributed by atoms with Crippen LogP contribution in [-0.4, -0.2) is 29.9 Å². The van der Waals surface area contributed by atoms with Gasteiger partial charge < -0.3 is 9.67 Å². The zero-order valence-electron chi connectivity index (χ0n) is 18.4. The number of unbranched alkanes of at least 4 members (excludes halogenated alkanes) is 8. The van der Waals surface area contributed by atoms with Gasteiger partial charge in [-0.3, -0.25) is 13.9 Å². The summed E-state index contributed by atoms with van der Waals surface area (Å²) < 4.78 is 4.70. The van der Waals surface area contributed by atoms with Crippen LogP contribution in [0.3, 0.4) is 0 Å². The van der Waals surface area contributed by atoms with Crippen molar-refractivity contribution in [2.45, 2.75) is 104 Å². The average molecular weight is 407 g/mol. The van der Waals surface area contributed by atoms with E-state index >= 15 is 0 Å². The molecule has 1 unspecified atom stereocenters. The van der Waals surface area contributed by atoms with E-state index in [0.29, 0.717) is 24.3 Å². The molecule has 0 aromatic carbocycles. The molecular formula is C22H38N4O3. The number of rotatable bonds is 14. The van der Waals surface area contributed by atoms with Crippen molar-refractivity contribution in [2.24, 2.45) is 7.05 Å². The lowest BCUT2D eigenvalue weighted by atomic mass is 10.1. The molecule has 0 saturated carbocycles. The van der Waals surface area contributed by atoms with Crippen LogP contribution in [0.4, 0.5) is 0 Å². The Kier molecular flexibility index (Phi) is 9.64. The molecule has 2 rings (SSSR count). The zero-order valence-corrected chi connectivity index (χ0v) is 18.4. The van der Waals surface area contributed by atoms with Gasteiger partial charge in [0, 0.05) is 20.1 Å². The van der Waals surface area contributed by atoms with E-state index in [9.17, 15) is 14.7 Å². The molecule has 7 nitrogen and oxygen atoms in total. The number of aryl methyl sites for hydroxylation is 2. The molecule has 0 bridgehead atoms. The highest BCUT2D eigenvalue weighted by molar-refractivity contribution is 5.69. The Balaban J connectivity index is 2.02. The van der Waals surface area contributed by atoms with Gasteiger partial charge in [0.1, 0.15) is 0 Å². The number of aliphatic hydroxyl groups is 1. The van der Waals surface area contributed by atoms with Gasteiger partial charge in [-0.15, -0.1) is 0 Å². The molecule has 7 heteroatoms. The van der Waals surface area contributed by atoms with Crippen LogP contribution in [0.1, 0.15) is 84.5 Å². The van der Waals surface area contributed by atoms with Crippen molar-refractivity contribution in [3.63, 3.8) is 0 Å². The van der Waals surface area contributed by atoms with Crippen LogP contribution < -0.4 is 11.2 Å². The van der Waals surface area contributed by atoms with E-state index in [-0.39, 0.29) is 17.4 Å². The number of aromatic nitrogens is 4. The minimum Gasteiger partial charge on any atom is -0.393 e. The molecule has 0 fully saturated rings. The van der Waals surface area contributed by atoms with Crippen LogP contribution in [0.15, 0.2) is 15.9 Å². The molecule has 0 aliphatic carbocycles. The minimum absolute atomic E-state index is 0.237. The summed E-state index contributed by atoms with van der Waals surface area (Å²) in [7, 11) is 1.68. The third-order valence-corrected chi connectivity index (χ3v) is 5.61. The van der Waals surface area contributed by atoms with Gasteiger partial charge >= 0.3 is 5.69 Å². The molecule has 0 spiro atoms. The van der Waals surface area contributed by atoms with Crippen LogP contribution >= 0.6 is 0 Å². The fraction of sp³-hybridized carbons (Fsp3) is 0.773. The Bertz CT molecular complexity index is 863. The highest BCUT2D eigenvalue weighted by atomic mass is 16.3. The molecule has 29 heavy (non-hydrogen) atoms. The van der Waals surface area contributed by atoms with E-state index < -0.39 is 0 Å². The van der Waals surface area contributed by atoms with E-state index in [1.807, 2.05) is 4.57 Å². The second-order valence-corrected chi connectivity index (χ2v) is 8.23. The van der Waals surface area contributed by atoms with Gasteiger partial charge in [-0.1, -0.05) is 51.9 Å². The Hall–Kier alpha value is -1.89. The highest BCUT2D eigenvalue weighted by Crippen LogP contribution is 2.11. The van der Waals surface area contributed by atoms with Crippen LogP contribution in [-0.2, 0) is 20.1 Å². The molecule has 0 amide bonds. The maximum absolute atomic E-state index is 13.0. The molecule has 2 aromatic heterocycles. The van der Waals surface area contributed by atoms with Gasteiger partial charge in [-0.05, 0) is 32.6 Å². The van der Waals surface area contributed by atoms with Gasteiger partial charge in [0.15, 0.2) is 11.2 Å². The largest absolute Gasteiger partial charge is 0.393 e. The molecule has 0 aliphatic heterocycles. The number of nitrogens with zero attached hydrogens (tertiary/aromatic N) is 4. The number of imidazole rings is 1. The van der Waals surface area contributed by atoms with E-state index in [4.69, 9.17) is 0 Å². The average Bonchev–Trinajstić information content (AvgIpc) is 3.12. The van der Waals surface area contributed by atoms with Crippen molar-refractivity contribution in [3.05, 3.63) is 27.2 Å². The standard InChI is InChI=1S/C22H38N4O3/c1-4-5-6-7-8-9-10-12-16-26-21(28)19-20(24(3)22(26)29)23-17-25(19)15-13-11-14-18(2)27/h17-18,27H,4-16H2,1-3H3. The summed E-state index contributed by atoms with van der Waals surface area (Å²) in [5.41, 5.74) is 0.426. The number of fused-ring (bicyclic) bond motifs is 1. The van der Waals surface area contributed by atoms with Crippen LogP contribution in [0.5, 0.6) is 0 Å². The molecule has 0 aliphatic rings. The smallest absolute Gasteiger partial charge is 0.332 e. The lowest BCUT2D eigenvalue weighted by Gasteiger charge is -2.10. The number of hydrogen-bond donors (Lipinski definition) is 1. The summed E-state index contributed by atoms with van der Waals surface area (Å²) in [5, 5.41) is 9.39. The van der Waals surface area contributed by atoms with Crippen molar-refractivity contribution in [1.29, 1.82) is 0 Å². The maximum Gasteiger partial charge on any atom is 0.332 e. The van der Waals surface area contributed by atoms with E-state index in [2.05, 4.69) is 11.9 Å². The molecule has 2 heterocycles. The molecule has 1 N–H and O–H groups in total. The molecule has 2 aromatic rings. The van der Waals surface area contributed by atoms with Crippen molar-refractivity contribution < 1.29 is 5.11 Å². The third kappa shape index (κ3) is 6.56. The quantitative estimate of drug-likeness (QED) is 0.486. The first kappa shape index (κ1) is 23.4. The Labute approximate surface area is 173 Å². The van der Waals surface area contributed by atoms with E-state index in [1.54, 1.807) is 20.3 Å². The lowest BCUT2D eigenvalue weighted by molar-refractivity contribution is 0.180. The maximum atomic E-state index is 13.0. The topological polar surface area (TPSA) is 82.0 Å². The predicted octanol–water partition coefficient (Wildman–Crippen LogP) is 3.59. The first-order chi connectivity index (χ1) is 14.0. The monoisotopic (exact) mass is 406 g/mol. The van der Waals surface area contributed by atoms with Gasteiger partial charge in [0.25, 0.3) is 5.56 Å². The normalized spacial score (nSPS) is 12.7. The molecule has 164 valence electrons. The Morgan fingerprint density at radius 2 is 1.59 bits per heavy atom.